The minimum atomic E-state index is -3.69. The number of sulfone groups is 1. The molecule has 2 amide bonds. The van der Waals surface area contributed by atoms with Crippen LogP contribution in [0.4, 0.5) is 4.79 Å². The Morgan fingerprint density at radius 3 is 2.29 bits per heavy atom. The fourth-order valence-corrected chi connectivity index (χ4v) is 4.28. The number of rotatable bonds is 8. The molecule has 11 heteroatoms. The Balaban J connectivity index is 1.96. The molecule has 10 nitrogen and oxygen atoms in total. The van der Waals surface area contributed by atoms with Crippen LogP contribution in [-0.2, 0) is 24.1 Å². The lowest BCUT2D eigenvalue weighted by Gasteiger charge is -2.29. The van der Waals surface area contributed by atoms with E-state index in [1.807, 2.05) is 0 Å². The van der Waals surface area contributed by atoms with Gasteiger partial charge < -0.3 is 24.8 Å². The molecule has 0 saturated heterocycles. The Morgan fingerprint density at radius 1 is 1.00 bits per heavy atom. The second-order valence-corrected chi connectivity index (χ2v) is 9.25. The minimum absolute atomic E-state index is 0.0215. The summed E-state index contributed by atoms with van der Waals surface area (Å²) in [5.74, 6) is -1.05. The van der Waals surface area contributed by atoms with Gasteiger partial charge >= 0.3 is 18.0 Å². The second-order valence-electron chi connectivity index (χ2n) is 7.26. The van der Waals surface area contributed by atoms with E-state index in [0.29, 0.717) is 11.3 Å². The molecule has 1 aliphatic rings. The van der Waals surface area contributed by atoms with Gasteiger partial charge in [-0.05, 0) is 36.8 Å². The first-order chi connectivity index (χ1) is 16.2. The van der Waals surface area contributed by atoms with Crippen LogP contribution in [0.1, 0.15) is 28.9 Å². The molecule has 0 spiro atoms. The highest BCUT2D eigenvalue weighted by molar-refractivity contribution is 7.90. The first-order valence-electron chi connectivity index (χ1n) is 10.2. The molecular weight excluding hydrogens is 464 g/mol. The predicted molar refractivity (Wildman–Crippen MR) is 121 cm³/mol. The summed E-state index contributed by atoms with van der Waals surface area (Å²) in [6.07, 6.45) is 0.979. The fourth-order valence-electron chi connectivity index (χ4n) is 3.40. The van der Waals surface area contributed by atoms with Crippen LogP contribution in [0.25, 0.3) is 0 Å². The number of hydrogen-bond donors (Lipinski definition) is 2. The van der Waals surface area contributed by atoms with Crippen molar-refractivity contribution in [2.75, 3.05) is 26.6 Å². The van der Waals surface area contributed by atoms with Crippen LogP contribution in [0.3, 0.4) is 0 Å². The van der Waals surface area contributed by atoms with Gasteiger partial charge in [-0.2, -0.15) is 0 Å². The molecule has 0 bridgehead atoms. The number of carbonyl (C=O) groups excluding carboxylic acids is 3. The smallest absolute Gasteiger partial charge is 0.339 e. The van der Waals surface area contributed by atoms with Crippen molar-refractivity contribution in [3.8, 4) is 5.75 Å². The van der Waals surface area contributed by atoms with E-state index < -0.39 is 40.5 Å². The van der Waals surface area contributed by atoms with Crippen LogP contribution in [0.5, 0.6) is 5.75 Å². The van der Waals surface area contributed by atoms with E-state index in [2.05, 4.69) is 10.6 Å². The van der Waals surface area contributed by atoms with Gasteiger partial charge in [-0.15, -0.1) is 0 Å². The van der Waals surface area contributed by atoms with Gasteiger partial charge in [0.05, 0.1) is 41.5 Å². The van der Waals surface area contributed by atoms with Gasteiger partial charge in [-0.1, -0.05) is 24.3 Å². The van der Waals surface area contributed by atoms with Gasteiger partial charge in [0.15, 0.2) is 9.84 Å². The van der Waals surface area contributed by atoms with Crippen molar-refractivity contribution >= 4 is 27.8 Å². The van der Waals surface area contributed by atoms with E-state index in [1.165, 1.54) is 31.4 Å². The molecule has 2 N–H and O–H groups in total. The lowest BCUT2D eigenvalue weighted by Crippen LogP contribution is -2.47. The molecule has 180 valence electrons. The standard InChI is InChI=1S/C23H24N2O8S/c1-4-32-22(27)19-17(13-33-21(26)16-7-5-6-8-18(16)34(3,29)30)24-23(28)25-20(19)14-9-11-15(31-2)12-10-14/h5-12,20H,4,13H2,1-3H3,(H2,24,25,28). The first-order valence-corrected chi connectivity index (χ1v) is 12.1. The molecule has 1 heterocycles. The molecule has 0 saturated carbocycles. The molecule has 0 aliphatic carbocycles. The summed E-state index contributed by atoms with van der Waals surface area (Å²) in [4.78, 5) is 37.7. The van der Waals surface area contributed by atoms with E-state index >= 15 is 0 Å². The Bertz CT molecular complexity index is 1240. The number of amides is 2. The topological polar surface area (TPSA) is 137 Å². The third-order valence-corrected chi connectivity index (χ3v) is 6.11. The quantitative estimate of drug-likeness (QED) is 0.539. The first kappa shape index (κ1) is 24.8. The summed E-state index contributed by atoms with van der Waals surface area (Å²) < 4.78 is 39.6. The lowest BCUT2D eigenvalue weighted by molar-refractivity contribution is -0.139. The maximum absolute atomic E-state index is 12.8. The molecule has 1 aliphatic heterocycles. The third kappa shape index (κ3) is 5.54. The molecule has 2 aromatic rings. The van der Waals surface area contributed by atoms with Crippen LogP contribution in [0, 0.1) is 0 Å². The lowest BCUT2D eigenvalue weighted by atomic mass is 9.95. The highest BCUT2D eigenvalue weighted by Crippen LogP contribution is 2.29. The molecule has 1 unspecified atom stereocenters. The molecule has 1 atom stereocenters. The minimum Gasteiger partial charge on any atom is -0.497 e. The molecule has 0 aromatic heterocycles. The van der Waals surface area contributed by atoms with Crippen molar-refractivity contribution < 1.29 is 37.0 Å². The Morgan fingerprint density at radius 2 is 1.68 bits per heavy atom. The van der Waals surface area contributed by atoms with Crippen molar-refractivity contribution in [1.82, 2.24) is 10.6 Å². The Kier molecular flexibility index (Phi) is 7.57. The molecule has 0 fully saturated rings. The number of hydrogen-bond acceptors (Lipinski definition) is 8. The summed E-state index contributed by atoms with van der Waals surface area (Å²) in [7, 11) is -2.18. The maximum atomic E-state index is 12.8. The summed E-state index contributed by atoms with van der Waals surface area (Å²) >= 11 is 0. The number of benzene rings is 2. The van der Waals surface area contributed by atoms with Crippen LogP contribution >= 0.6 is 0 Å². The van der Waals surface area contributed by atoms with E-state index in [9.17, 15) is 22.8 Å². The molecule has 0 radical (unpaired) electrons. The van der Waals surface area contributed by atoms with Crippen LogP contribution in [0.15, 0.2) is 64.7 Å². The number of esters is 2. The number of urea groups is 1. The van der Waals surface area contributed by atoms with Gasteiger partial charge in [-0.25, -0.2) is 22.8 Å². The van der Waals surface area contributed by atoms with Crippen LogP contribution < -0.4 is 15.4 Å². The van der Waals surface area contributed by atoms with Gasteiger partial charge in [0.2, 0.25) is 0 Å². The summed E-state index contributed by atoms with van der Waals surface area (Å²) in [6, 6.07) is 10.8. The molecule has 34 heavy (non-hydrogen) atoms. The van der Waals surface area contributed by atoms with E-state index in [1.54, 1.807) is 31.2 Å². The number of carbonyl (C=O) groups is 3. The van der Waals surface area contributed by atoms with Crippen molar-refractivity contribution in [2.24, 2.45) is 0 Å². The molecule has 2 aromatic carbocycles. The number of methoxy groups -OCH3 is 1. The zero-order valence-electron chi connectivity index (χ0n) is 18.8. The highest BCUT2D eigenvalue weighted by atomic mass is 32.2. The van der Waals surface area contributed by atoms with E-state index in [0.717, 1.165) is 6.26 Å². The normalized spacial score (nSPS) is 15.7. The molecule has 3 rings (SSSR count). The average molecular weight is 489 g/mol. The average Bonchev–Trinajstić information content (AvgIpc) is 2.81. The van der Waals surface area contributed by atoms with Crippen molar-refractivity contribution in [3.63, 3.8) is 0 Å². The second kappa shape index (κ2) is 10.4. The number of nitrogens with one attached hydrogen (secondary N) is 2. The van der Waals surface area contributed by atoms with Crippen molar-refractivity contribution in [2.45, 2.75) is 17.9 Å². The van der Waals surface area contributed by atoms with Gasteiger partial charge in [0.25, 0.3) is 0 Å². The maximum Gasteiger partial charge on any atom is 0.339 e. The molecular formula is C23H24N2O8S. The third-order valence-electron chi connectivity index (χ3n) is 4.95. The Labute approximate surface area is 196 Å². The zero-order valence-corrected chi connectivity index (χ0v) is 19.6. The largest absolute Gasteiger partial charge is 0.497 e. The predicted octanol–water partition coefficient (Wildman–Crippen LogP) is 2.13. The van der Waals surface area contributed by atoms with Crippen LogP contribution in [-0.4, -0.2) is 53.0 Å². The van der Waals surface area contributed by atoms with Crippen molar-refractivity contribution in [3.05, 3.63) is 70.9 Å². The summed E-state index contributed by atoms with van der Waals surface area (Å²) in [5, 5.41) is 5.16. The highest BCUT2D eigenvalue weighted by Gasteiger charge is 2.34. The Hall–Kier alpha value is -3.86. The van der Waals surface area contributed by atoms with Crippen molar-refractivity contribution in [1.29, 1.82) is 0 Å². The monoisotopic (exact) mass is 488 g/mol. The summed E-state index contributed by atoms with van der Waals surface area (Å²) in [6.45, 7) is 1.23. The number of ether oxygens (including phenoxy) is 3. The van der Waals surface area contributed by atoms with Gasteiger partial charge in [-0.3, -0.25) is 0 Å². The van der Waals surface area contributed by atoms with Crippen LogP contribution in [0.2, 0.25) is 0 Å². The summed E-state index contributed by atoms with van der Waals surface area (Å²) in [5.41, 5.74) is 0.490. The fraction of sp³-hybridized carbons (Fsp3) is 0.261. The van der Waals surface area contributed by atoms with E-state index in [-0.39, 0.29) is 28.3 Å². The zero-order chi connectivity index (χ0) is 24.9. The van der Waals surface area contributed by atoms with E-state index in [4.69, 9.17) is 14.2 Å². The van der Waals surface area contributed by atoms with Gasteiger partial charge in [0.1, 0.15) is 12.4 Å². The SMILES string of the molecule is CCOC(=O)C1=C(COC(=O)c2ccccc2S(C)(=O)=O)NC(=O)NC1c1ccc(OC)cc1. The van der Waals surface area contributed by atoms with Gasteiger partial charge in [0, 0.05) is 6.26 Å².